The molecule has 0 aliphatic rings. The molecule has 0 fully saturated rings. The zero-order valence-corrected chi connectivity index (χ0v) is 17.1. The van der Waals surface area contributed by atoms with Crippen LogP contribution in [0, 0.1) is 12.8 Å². The summed E-state index contributed by atoms with van der Waals surface area (Å²) >= 11 is 1.10. The van der Waals surface area contributed by atoms with E-state index in [0.29, 0.717) is 21.9 Å². The minimum absolute atomic E-state index is 0.151. The van der Waals surface area contributed by atoms with E-state index in [-0.39, 0.29) is 11.5 Å². The standard InChI is InChI=1S/C20H21N5O3S/c1-11(2)16(17(26)24-19(21)28)29-20-23-14-7-5-4-6-13(14)18(27)25(20)15-10-12(3)8-9-22-15/h4-11,16H,1-3H3,(H3,21,24,26,28). The lowest BCUT2D eigenvalue weighted by Gasteiger charge is -2.20. The monoisotopic (exact) mass is 411 g/mol. The number of imide groups is 1. The van der Waals surface area contributed by atoms with Gasteiger partial charge in [0.25, 0.3) is 5.56 Å². The maximum Gasteiger partial charge on any atom is 0.318 e. The lowest BCUT2D eigenvalue weighted by Crippen LogP contribution is -2.42. The van der Waals surface area contributed by atoms with E-state index in [9.17, 15) is 14.4 Å². The molecule has 2 heterocycles. The number of primary amides is 1. The molecule has 8 nitrogen and oxygen atoms in total. The van der Waals surface area contributed by atoms with Crippen molar-refractivity contribution >= 4 is 34.6 Å². The normalized spacial score (nSPS) is 12.1. The third-order valence-corrected chi connectivity index (χ3v) is 5.71. The number of aryl methyl sites for hydroxylation is 1. The van der Waals surface area contributed by atoms with E-state index in [2.05, 4.69) is 15.3 Å². The third-order valence-electron chi connectivity index (χ3n) is 4.22. The Morgan fingerprint density at radius 3 is 2.59 bits per heavy atom. The molecular formula is C20H21N5O3S. The van der Waals surface area contributed by atoms with Gasteiger partial charge in [0.1, 0.15) is 5.82 Å². The summed E-state index contributed by atoms with van der Waals surface area (Å²) in [5, 5.41) is 2.18. The number of carbonyl (C=O) groups is 2. The van der Waals surface area contributed by atoms with Gasteiger partial charge in [-0.1, -0.05) is 37.7 Å². The Bertz CT molecular complexity index is 1140. The number of aromatic nitrogens is 3. The number of amides is 3. The van der Waals surface area contributed by atoms with Crippen LogP contribution < -0.4 is 16.6 Å². The molecule has 3 aromatic rings. The summed E-state index contributed by atoms with van der Waals surface area (Å²) in [6.45, 7) is 5.58. The molecule has 0 radical (unpaired) electrons. The zero-order valence-electron chi connectivity index (χ0n) is 16.2. The first-order chi connectivity index (χ1) is 13.8. The summed E-state index contributed by atoms with van der Waals surface area (Å²) in [4.78, 5) is 45.8. The van der Waals surface area contributed by atoms with Crippen molar-refractivity contribution in [3.8, 4) is 5.82 Å². The van der Waals surface area contributed by atoms with Crippen LogP contribution >= 0.6 is 11.8 Å². The maximum absolute atomic E-state index is 13.3. The lowest BCUT2D eigenvalue weighted by atomic mass is 10.1. The van der Waals surface area contributed by atoms with Gasteiger partial charge in [0.2, 0.25) is 5.91 Å². The van der Waals surface area contributed by atoms with Crippen molar-refractivity contribution in [3.63, 3.8) is 0 Å². The van der Waals surface area contributed by atoms with Crippen LogP contribution in [0.2, 0.25) is 0 Å². The maximum atomic E-state index is 13.3. The third kappa shape index (κ3) is 4.45. The van der Waals surface area contributed by atoms with Crippen LogP contribution in [0.4, 0.5) is 4.79 Å². The Hall–Kier alpha value is -3.20. The number of para-hydroxylation sites is 1. The fraction of sp³-hybridized carbons (Fsp3) is 0.250. The summed E-state index contributed by atoms with van der Waals surface area (Å²) in [5.74, 6) is -0.279. The Kier molecular flexibility index (Phi) is 5.97. The SMILES string of the molecule is Cc1ccnc(-n2c(SC(C(=O)NC(N)=O)C(C)C)nc3ccccc3c2=O)c1. The van der Waals surface area contributed by atoms with Gasteiger partial charge in [-0.25, -0.2) is 19.3 Å². The van der Waals surface area contributed by atoms with Crippen LogP contribution in [0.25, 0.3) is 16.7 Å². The number of pyridine rings is 1. The highest BCUT2D eigenvalue weighted by Gasteiger charge is 2.27. The molecule has 1 aromatic carbocycles. The first kappa shape index (κ1) is 20.5. The molecule has 29 heavy (non-hydrogen) atoms. The Balaban J connectivity index is 2.20. The van der Waals surface area contributed by atoms with Gasteiger partial charge in [0.05, 0.1) is 16.2 Å². The largest absolute Gasteiger partial charge is 0.351 e. The predicted octanol–water partition coefficient (Wildman–Crippen LogP) is 2.40. The number of fused-ring (bicyclic) bond motifs is 1. The molecule has 3 amide bonds. The second-order valence-electron chi connectivity index (χ2n) is 6.88. The molecule has 0 saturated carbocycles. The van der Waals surface area contributed by atoms with Crippen LogP contribution in [0.15, 0.2) is 52.5 Å². The van der Waals surface area contributed by atoms with Crippen molar-refractivity contribution in [2.75, 3.05) is 0 Å². The molecule has 2 aromatic heterocycles. The number of thioether (sulfide) groups is 1. The number of nitrogens with one attached hydrogen (secondary N) is 1. The van der Waals surface area contributed by atoms with Gasteiger partial charge >= 0.3 is 6.03 Å². The number of rotatable bonds is 5. The van der Waals surface area contributed by atoms with Crippen LogP contribution in [0.5, 0.6) is 0 Å². The number of nitrogens with zero attached hydrogens (tertiary/aromatic N) is 3. The fourth-order valence-corrected chi connectivity index (χ4v) is 3.93. The zero-order chi connectivity index (χ0) is 21.1. The minimum atomic E-state index is -0.925. The smallest absolute Gasteiger partial charge is 0.318 e. The molecule has 0 saturated heterocycles. The van der Waals surface area contributed by atoms with E-state index in [4.69, 9.17) is 5.73 Å². The van der Waals surface area contributed by atoms with E-state index in [1.54, 1.807) is 36.5 Å². The number of nitrogens with two attached hydrogens (primary N) is 1. The molecule has 3 rings (SSSR count). The summed E-state index contributed by atoms with van der Waals surface area (Å²) in [6.07, 6.45) is 1.61. The molecule has 0 aliphatic carbocycles. The first-order valence-corrected chi connectivity index (χ1v) is 9.87. The Morgan fingerprint density at radius 2 is 1.93 bits per heavy atom. The molecule has 9 heteroatoms. The van der Waals surface area contributed by atoms with Crippen molar-refractivity contribution < 1.29 is 9.59 Å². The molecule has 3 N–H and O–H groups in total. The van der Waals surface area contributed by atoms with Gasteiger partial charge in [0.15, 0.2) is 5.16 Å². The fourth-order valence-electron chi connectivity index (χ4n) is 2.83. The van der Waals surface area contributed by atoms with Gasteiger partial charge in [-0.15, -0.1) is 0 Å². The van der Waals surface area contributed by atoms with Crippen molar-refractivity contribution in [2.45, 2.75) is 31.2 Å². The summed E-state index contributed by atoms with van der Waals surface area (Å²) in [5.41, 5.74) is 6.26. The van der Waals surface area contributed by atoms with E-state index >= 15 is 0 Å². The van der Waals surface area contributed by atoms with Gasteiger partial charge in [0, 0.05) is 6.20 Å². The van der Waals surface area contributed by atoms with E-state index in [1.165, 1.54) is 4.57 Å². The summed E-state index contributed by atoms with van der Waals surface area (Å²) < 4.78 is 1.40. The number of urea groups is 1. The number of benzene rings is 1. The van der Waals surface area contributed by atoms with Crippen LogP contribution in [-0.2, 0) is 4.79 Å². The second kappa shape index (κ2) is 8.44. The molecule has 0 aliphatic heterocycles. The van der Waals surface area contributed by atoms with Gasteiger partial charge in [-0.05, 0) is 42.7 Å². The molecule has 1 atom stereocenters. The number of carbonyl (C=O) groups excluding carboxylic acids is 2. The van der Waals surface area contributed by atoms with Crippen molar-refractivity contribution in [3.05, 3.63) is 58.5 Å². The van der Waals surface area contributed by atoms with Crippen molar-refractivity contribution in [2.24, 2.45) is 11.7 Å². The first-order valence-electron chi connectivity index (χ1n) is 8.99. The van der Waals surface area contributed by atoms with Crippen molar-refractivity contribution in [1.29, 1.82) is 0 Å². The second-order valence-corrected chi connectivity index (χ2v) is 7.99. The van der Waals surface area contributed by atoms with Crippen LogP contribution in [-0.4, -0.2) is 31.7 Å². The van der Waals surface area contributed by atoms with Gasteiger partial charge in [-0.3, -0.25) is 14.9 Å². The van der Waals surface area contributed by atoms with Crippen molar-refractivity contribution in [1.82, 2.24) is 19.9 Å². The summed E-state index contributed by atoms with van der Waals surface area (Å²) in [6, 6.07) is 9.67. The lowest BCUT2D eigenvalue weighted by molar-refractivity contribution is -0.120. The highest BCUT2D eigenvalue weighted by atomic mass is 32.2. The summed E-state index contributed by atoms with van der Waals surface area (Å²) in [7, 11) is 0. The van der Waals surface area contributed by atoms with Crippen LogP contribution in [0.3, 0.4) is 0 Å². The highest BCUT2D eigenvalue weighted by Crippen LogP contribution is 2.29. The minimum Gasteiger partial charge on any atom is -0.351 e. The molecule has 0 spiro atoms. The number of hydrogen-bond acceptors (Lipinski definition) is 6. The van der Waals surface area contributed by atoms with E-state index in [1.807, 2.05) is 26.8 Å². The number of hydrogen-bond donors (Lipinski definition) is 2. The Labute approximate surface area is 171 Å². The topological polar surface area (TPSA) is 120 Å². The molecule has 150 valence electrons. The molecule has 0 bridgehead atoms. The van der Waals surface area contributed by atoms with Gasteiger partial charge in [-0.2, -0.15) is 0 Å². The average molecular weight is 411 g/mol. The molecular weight excluding hydrogens is 390 g/mol. The average Bonchev–Trinajstić information content (AvgIpc) is 2.65. The Morgan fingerprint density at radius 1 is 1.21 bits per heavy atom. The molecule has 1 unspecified atom stereocenters. The highest BCUT2D eigenvalue weighted by molar-refractivity contribution is 8.00. The van der Waals surface area contributed by atoms with Gasteiger partial charge < -0.3 is 5.73 Å². The van der Waals surface area contributed by atoms with E-state index < -0.39 is 17.2 Å². The predicted molar refractivity (Wildman–Crippen MR) is 112 cm³/mol. The quantitative estimate of drug-likeness (QED) is 0.491. The van der Waals surface area contributed by atoms with E-state index in [0.717, 1.165) is 17.3 Å². The van der Waals surface area contributed by atoms with Crippen LogP contribution in [0.1, 0.15) is 19.4 Å².